The van der Waals surface area contributed by atoms with Gasteiger partial charge in [-0.1, -0.05) is 43.5 Å². The largest absolute Gasteiger partial charge is 0.496 e. The molecule has 7 heteroatoms. The molecule has 0 N–H and O–H groups in total. The number of hydrogen-bond acceptors (Lipinski definition) is 4. The summed E-state index contributed by atoms with van der Waals surface area (Å²) in [7, 11) is 1.65. The van der Waals surface area contributed by atoms with Gasteiger partial charge in [0.1, 0.15) is 16.8 Å². The second-order valence-corrected chi connectivity index (χ2v) is 10.7. The van der Waals surface area contributed by atoms with Gasteiger partial charge in [-0.15, -0.1) is 23.4 Å². The van der Waals surface area contributed by atoms with Crippen molar-refractivity contribution in [3.8, 4) is 16.9 Å². The first-order valence-electron chi connectivity index (χ1n) is 12.0. The van der Waals surface area contributed by atoms with Gasteiger partial charge in [0, 0.05) is 41.0 Å². The van der Waals surface area contributed by atoms with Gasteiger partial charge in [0.25, 0.3) is 0 Å². The Labute approximate surface area is 214 Å². The minimum absolute atomic E-state index is 0.0358. The highest BCUT2D eigenvalue weighted by Gasteiger charge is 2.42. The van der Waals surface area contributed by atoms with Crippen molar-refractivity contribution >= 4 is 29.3 Å². The zero-order valence-corrected chi connectivity index (χ0v) is 21.2. The van der Waals surface area contributed by atoms with Crippen LogP contribution in [0.5, 0.6) is 5.75 Å². The van der Waals surface area contributed by atoms with E-state index in [2.05, 4.69) is 11.1 Å². The summed E-state index contributed by atoms with van der Waals surface area (Å²) >= 11 is 8.01. The quantitative estimate of drug-likeness (QED) is 0.334. The number of alkyl halides is 1. The first-order chi connectivity index (χ1) is 17.1. The molecule has 1 aliphatic heterocycles. The lowest BCUT2D eigenvalue weighted by Crippen LogP contribution is -2.45. The number of amides is 1. The molecule has 1 aliphatic carbocycles. The molecule has 1 saturated carbocycles. The Morgan fingerprint density at radius 3 is 2.69 bits per heavy atom. The second-order valence-electron chi connectivity index (χ2n) is 9.12. The van der Waals surface area contributed by atoms with Gasteiger partial charge in [-0.25, -0.2) is 4.39 Å². The maximum absolute atomic E-state index is 14.5. The fraction of sp³-hybridized carbons (Fsp3) is 0.357. The highest BCUT2D eigenvalue weighted by Crippen LogP contribution is 2.49. The number of fused-ring (bicyclic) bond motifs is 1. The molecule has 1 fully saturated rings. The smallest absolute Gasteiger partial charge is 0.238 e. The summed E-state index contributed by atoms with van der Waals surface area (Å²) < 4.78 is 20.2. The molecular formula is C28H28ClFN2O2S. The van der Waals surface area contributed by atoms with Crippen LogP contribution in [0.1, 0.15) is 48.6 Å². The molecule has 3 aromatic rings. The van der Waals surface area contributed by atoms with Gasteiger partial charge < -0.3 is 9.64 Å². The van der Waals surface area contributed by atoms with E-state index in [1.54, 1.807) is 19.4 Å². The number of carbonyl (C=O) groups excluding carboxylic acids is 1. The van der Waals surface area contributed by atoms with Crippen molar-refractivity contribution in [2.45, 2.75) is 60.2 Å². The van der Waals surface area contributed by atoms with Gasteiger partial charge in [0.05, 0.1) is 12.5 Å². The third-order valence-corrected chi connectivity index (χ3v) is 8.99. The van der Waals surface area contributed by atoms with Crippen molar-refractivity contribution in [2.24, 2.45) is 0 Å². The summed E-state index contributed by atoms with van der Waals surface area (Å²) in [6.45, 7) is 0.417. The van der Waals surface area contributed by atoms with Crippen LogP contribution >= 0.6 is 23.4 Å². The maximum Gasteiger partial charge on any atom is 0.238 e. The molecule has 5 rings (SSSR count). The fourth-order valence-corrected chi connectivity index (χ4v) is 6.91. The van der Waals surface area contributed by atoms with Crippen LogP contribution in [0.15, 0.2) is 65.8 Å². The SMILES string of the molecule is COc1ccc(-c2cccnc2)cc1CN(C(=O)C1Sc2c(F)cccc2C1Cl)C1CCCCC1. The second kappa shape index (κ2) is 10.6. The Balaban J connectivity index is 1.48. The van der Waals surface area contributed by atoms with Crippen LogP contribution in [0.25, 0.3) is 11.1 Å². The normalized spacial score (nSPS) is 19.9. The highest BCUT2D eigenvalue weighted by molar-refractivity contribution is 8.01. The van der Waals surface area contributed by atoms with Crippen LogP contribution in [-0.4, -0.2) is 34.2 Å². The predicted octanol–water partition coefficient (Wildman–Crippen LogP) is 7.01. The van der Waals surface area contributed by atoms with Crippen molar-refractivity contribution in [2.75, 3.05) is 7.11 Å². The van der Waals surface area contributed by atoms with Crippen molar-refractivity contribution in [1.29, 1.82) is 0 Å². The molecule has 1 aromatic heterocycles. The van der Waals surface area contributed by atoms with Gasteiger partial charge in [0.15, 0.2) is 0 Å². The van der Waals surface area contributed by atoms with Crippen molar-refractivity contribution in [3.05, 3.63) is 77.9 Å². The van der Waals surface area contributed by atoms with Crippen LogP contribution in [0.3, 0.4) is 0 Å². The Kier molecular flexibility index (Phi) is 7.30. The molecular weight excluding hydrogens is 483 g/mol. The molecule has 2 unspecified atom stereocenters. The monoisotopic (exact) mass is 510 g/mol. The van der Waals surface area contributed by atoms with E-state index in [-0.39, 0.29) is 17.8 Å². The lowest BCUT2D eigenvalue weighted by atomic mass is 9.93. The van der Waals surface area contributed by atoms with Gasteiger partial charge in [-0.3, -0.25) is 9.78 Å². The van der Waals surface area contributed by atoms with Crippen molar-refractivity contribution < 1.29 is 13.9 Å². The summed E-state index contributed by atoms with van der Waals surface area (Å²) in [5.41, 5.74) is 3.66. The Bertz CT molecular complexity index is 1200. The third kappa shape index (κ3) is 4.91. The summed E-state index contributed by atoms with van der Waals surface area (Å²) in [4.78, 5) is 20.7. The molecule has 2 heterocycles. The average Bonchev–Trinajstić information content (AvgIpc) is 3.25. The van der Waals surface area contributed by atoms with E-state index in [1.165, 1.54) is 24.2 Å². The number of methoxy groups -OCH3 is 1. The number of carbonyl (C=O) groups is 1. The summed E-state index contributed by atoms with van der Waals surface area (Å²) in [6, 6.07) is 15.0. The number of rotatable bonds is 6. The first kappa shape index (κ1) is 24.1. The topological polar surface area (TPSA) is 42.4 Å². The molecule has 2 aromatic carbocycles. The van der Waals surface area contributed by atoms with Gasteiger partial charge in [0.2, 0.25) is 5.91 Å². The highest BCUT2D eigenvalue weighted by atomic mass is 35.5. The molecule has 2 atom stereocenters. The van der Waals surface area contributed by atoms with Crippen molar-refractivity contribution in [1.82, 2.24) is 9.88 Å². The van der Waals surface area contributed by atoms with Crippen LogP contribution in [-0.2, 0) is 11.3 Å². The van der Waals surface area contributed by atoms with E-state index < -0.39 is 10.6 Å². The minimum atomic E-state index is -0.562. The van der Waals surface area contributed by atoms with Gasteiger partial charge in [-0.2, -0.15) is 0 Å². The molecule has 0 spiro atoms. The number of nitrogens with zero attached hydrogens (tertiary/aromatic N) is 2. The molecule has 0 bridgehead atoms. The van der Waals surface area contributed by atoms with Crippen LogP contribution in [0.4, 0.5) is 4.39 Å². The first-order valence-corrected chi connectivity index (χ1v) is 13.4. The van der Waals surface area contributed by atoms with Gasteiger partial charge in [-0.05, 0) is 48.2 Å². The van der Waals surface area contributed by atoms with E-state index in [0.717, 1.165) is 48.1 Å². The van der Waals surface area contributed by atoms with E-state index in [4.69, 9.17) is 16.3 Å². The molecule has 4 nitrogen and oxygen atoms in total. The molecule has 1 amide bonds. The van der Waals surface area contributed by atoms with Crippen LogP contribution < -0.4 is 4.74 Å². The summed E-state index contributed by atoms with van der Waals surface area (Å²) in [5.74, 6) is 0.386. The Morgan fingerprint density at radius 1 is 1.14 bits per heavy atom. The number of thioether (sulfide) groups is 1. The van der Waals surface area contributed by atoms with Crippen molar-refractivity contribution in [3.63, 3.8) is 0 Å². The molecule has 2 aliphatic rings. The molecule has 35 heavy (non-hydrogen) atoms. The lowest BCUT2D eigenvalue weighted by molar-refractivity contribution is -0.134. The third-order valence-electron chi connectivity index (χ3n) is 6.96. The zero-order valence-electron chi connectivity index (χ0n) is 19.6. The Morgan fingerprint density at radius 2 is 1.97 bits per heavy atom. The average molecular weight is 511 g/mol. The van der Waals surface area contributed by atoms with E-state index in [0.29, 0.717) is 17.0 Å². The number of aromatic nitrogens is 1. The standard InChI is InChI=1S/C28H28ClFN2O2S/c1-34-24-13-12-18(19-7-6-14-31-16-19)15-20(24)17-32(21-8-3-2-4-9-21)28(33)27-25(29)22-10-5-11-23(30)26(22)35-27/h5-7,10-16,21,25,27H,2-4,8-9,17H2,1H3. The van der Waals surface area contributed by atoms with E-state index in [9.17, 15) is 9.18 Å². The molecule has 0 radical (unpaired) electrons. The van der Waals surface area contributed by atoms with Gasteiger partial charge >= 0.3 is 0 Å². The lowest BCUT2D eigenvalue weighted by Gasteiger charge is -2.36. The van der Waals surface area contributed by atoms with Crippen LogP contribution in [0, 0.1) is 5.82 Å². The molecule has 182 valence electrons. The number of pyridine rings is 1. The Hall–Kier alpha value is -2.57. The minimum Gasteiger partial charge on any atom is -0.496 e. The zero-order chi connectivity index (χ0) is 24.4. The number of hydrogen-bond donors (Lipinski definition) is 0. The summed E-state index contributed by atoms with van der Waals surface area (Å²) in [6.07, 6.45) is 8.88. The number of benzene rings is 2. The number of ether oxygens (including phenoxy) is 1. The summed E-state index contributed by atoms with van der Waals surface area (Å²) in [5, 5.41) is -1.12. The number of halogens is 2. The fourth-order valence-electron chi connectivity index (χ4n) is 5.13. The van der Waals surface area contributed by atoms with E-state index >= 15 is 0 Å². The van der Waals surface area contributed by atoms with E-state index in [1.807, 2.05) is 41.4 Å². The van der Waals surface area contributed by atoms with Crippen LogP contribution in [0.2, 0.25) is 0 Å². The molecule has 0 saturated heterocycles. The predicted molar refractivity (Wildman–Crippen MR) is 138 cm³/mol. The maximum atomic E-state index is 14.5.